The van der Waals surface area contributed by atoms with Crippen LogP contribution >= 0.6 is 11.6 Å². The van der Waals surface area contributed by atoms with Crippen molar-refractivity contribution in [3.05, 3.63) is 62.8 Å². The molecule has 1 aromatic heterocycles. The number of nitrogens with zero attached hydrogens (tertiary/aromatic N) is 1. The maximum Gasteiger partial charge on any atom is 0.251 e. The second kappa shape index (κ2) is 6.50. The first-order chi connectivity index (χ1) is 9.19. The molecule has 3 N–H and O–H groups in total. The van der Waals surface area contributed by atoms with Crippen LogP contribution in [-0.4, -0.2) is 16.5 Å². The van der Waals surface area contributed by atoms with Crippen molar-refractivity contribution in [2.45, 2.75) is 19.3 Å². The summed E-state index contributed by atoms with van der Waals surface area (Å²) >= 11 is 6.10. The number of nitrogens with two attached hydrogens (primary N) is 1. The third-order valence-electron chi connectivity index (χ3n) is 2.80. The molecule has 2 rings (SSSR count). The maximum atomic E-state index is 11.6. The molecule has 0 fully saturated rings. The Hall–Kier alpha value is -1.65. The molecule has 0 saturated carbocycles. The van der Waals surface area contributed by atoms with Crippen LogP contribution in [0.5, 0.6) is 0 Å². The Labute approximate surface area is 116 Å². The van der Waals surface area contributed by atoms with Crippen LogP contribution < -0.4 is 11.3 Å². The Morgan fingerprint density at radius 1 is 1.32 bits per heavy atom. The third kappa shape index (κ3) is 3.91. The minimum atomic E-state index is -0.135. The molecule has 0 aliphatic heterocycles. The summed E-state index contributed by atoms with van der Waals surface area (Å²) < 4.78 is 0. The Kier molecular flexibility index (Phi) is 4.71. The number of H-pyrrole nitrogens is 1. The van der Waals surface area contributed by atoms with E-state index in [1.165, 1.54) is 6.07 Å². The van der Waals surface area contributed by atoms with E-state index in [1.807, 2.05) is 24.3 Å². The van der Waals surface area contributed by atoms with E-state index in [0.717, 1.165) is 24.1 Å². The van der Waals surface area contributed by atoms with Crippen molar-refractivity contribution in [3.63, 3.8) is 0 Å². The second-order valence-corrected chi connectivity index (χ2v) is 4.75. The van der Waals surface area contributed by atoms with Gasteiger partial charge in [-0.15, -0.1) is 0 Å². The summed E-state index contributed by atoms with van der Waals surface area (Å²) in [6.45, 7) is 0.592. The number of halogens is 1. The minimum absolute atomic E-state index is 0.135. The lowest BCUT2D eigenvalue weighted by Gasteiger charge is -2.05. The van der Waals surface area contributed by atoms with Crippen molar-refractivity contribution in [3.8, 4) is 0 Å². The topological polar surface area (TPSA) is 71.8 Å². The van der Waals surface area contributed by atoms with Crippen molar-refractivity contribution in [2.75, 3.05) is 6.54 Å². The molecule has 19 heavy (non-hydrogen) atoms. The summed E-state index contributed by atoms with van der Waals surface area (Å²) in [6.07, 6.45) is 2.06. The summed E-state index contributed by atoms with van der Waals surface area (Å²) in [4.78, 5) is 18.8. The smallest absolute Gasteiger partial charge is 0.251 e. The van der Waals surface area contributed by atoms with Crippen LogP contribution in [0, 0.1) is 0 Å². The highest BCUT2D eigenvalue weighted by atomic mass is 35.5. The first-order valence-electron chi connectivity index (χ1n) is 6.21. The molecule has 0 atom stereocenters. The highest BCUT2D eigenvalue weighted by Gasteiger charge is 2.05. The van der Waals surface area contributed by atoms with Gasteiger partial charge in [0, 0.05) is 23.2 Å². The highest BCUT2D eigenvalue weighted by molar-refractivity contribution is 6.31. The number of hydrogen-bond donors (Lipinski definition) is 2. The summed E-state index contributed by atoms with van der Waals surface area (Å²) in [5.41, 5.74) is 7.05. The largest absolute Gasteiger partial charge is 0.330 e. The molecular formula is C14H16ClN3O. The second-order valence-electron chi connectivity index (χ2n) is 4.34. The Morgan fingerprint density at radius 2 is 2.11 bits per heavy atom. The number of aromatic nitrogens is 2. The number of nitrogens with one attached hydrogen (secondary N) is 1. The molecule has 1 aromatic carbocycles. The van der Waals surface area contributed by atoms with E-state index < -0.39 is 0 Å². The van der Waals surface area contributed by atoms with Crippen LogP contribution in [0.15, 0.2) is 35.1 Å². The summed E-state index contributed by atoms with van der Waals surface area (Å²) in [5, 5.41) is 0.678. The predicted molar refractivity (Wildman–Crippen MR) is 76.5 cm³/mol. The molecule has 2 aromatic rings. The molecule has 0 aliphatic carbocycles. The maximum absolute atomic E-state index is 11.6. The van der Waals surface area contributed by atoms with Gasteiger partial charge in [0.15, 0.2) is 0 Å². The lowest BCUT2D eigenvalue weighted by Crippen LogP contribution is -2.14. The van der Waals surface area contributed by atoms with Gasteiger partial charge in [0.25, 0.3) is 5.56 Å². The van der Waals surface area contributed by atoms with E-state index in [2.05, 4.69) is 9.97 Å². The van der Waals surface area contributed by atoms with Crippen molar-refractivity contribution < 1.29 is 0 Å². The fourth-order valence-corrected chi connectivity index (χ4v) is 2.08. The van der Waals surface area contributed by atoms with Gasteiger partial charge < -0.3 is 10.7 Å². The highest BCUT2D eigenvalue weighted by Crippen LogP contribution is 2.17. The van der Waals surface area contributed by atoms with Gasteiger partial charge in [-0.2, -0.15) is 0 Å². The van der Waals surface area contributed by atoms with E-state index in [9.17, 15) is 4.79 Å². The monoisotopic (exact) mass is 277 g/mol. The lowest BCUT2D eigenvalue weighted by molar-refractivity contribution is 0.787. The summed E-state index contributed by atoms with van der Waals surface area (Å²) in [6, 6.07) is 9.06. The van der Waals surface area contributed by atoms with Crippen molar-refractivity contribution in [1.29, 1.82) is 0 Å². The first kappa shape index (κ1) is 13.8. The predicted octanol–water partition coefficient (Wildman–Crippen LogP) is 1.91. The zero-order valence-electron chi connectivity index (χ0n) is 10.5. The van der Waals surface area contributed by atoms with Crippen molar-refractivity contribution in [2.24, 2.45) is 5.73 Å². The number of hydrogen-bond acceptors (Lipinski definition) is 3. The lowest BCUT2D eigenvalue weighted by atomic mass is 10.1. The molecule has 0 radical (unpaired) electrons. The van der Waals surface area contributed by atoms with Crippen LogP contribution in [0.2, 0.25) is 5.02 Å². The molecule has 4 nitrogen and oxygen atoms in total. The average molecular weight is 278 g/mol. The van der Waals surface area contributed by atoms with E-state index in [4.69, 9.17) is 17.3 Å². The normalized spacial score (nSPS) is 10.6. The Morgan fingerprint density at radius 3 is 2.84 bits per heavy atom. The molecule has 0 aliphatic rings. The van der Waals surface area contributed by atoms with E-state index in [0.29, 0.717) is 23.8 Å². The quantitative estimate of drug-likeness (QED) is 0.877. The Bertz CT molecular complexity index is 610. The van der Waals surface area contributed by atoms with Crippen LogP contribution in [0.25, 0.3) is 0 Å². The molecule has 100 valence electrons. The minimum Gasteiger partial charge on any atom is -0.330 e. The molecule has 0 spiro atoms. The van der Waals surface area contributed by atoms with E-state index in [-0.39, 0.29) is 5.56 Å². The summed E-state index contributed by atoms with van der Waals surface area (Å²) in [5.74, 6) is 0.632. The zero-order chi connectivity index (χ0) is 13.7. The third-order valence-corrected chi connectivity index (χ3v) is 3.17. The van der Waals surface area contributed by atoms with Gasteiger partial charge in [-0.1, -0.05) is 29.8 Å². The van der Waals surface area contributed by atoms with E-state index in [1.54, 1.807) is 0 Å². The molecule has 0 bridgehead atoms. The van der Waals surface area contributed by atoms with Crippen LogP contribution in [0.4, 0.5) is 0 Å². The van der Waals surface area contributed by atoms with Crippen molar-refractivity contribution >= 4 is 11.6 Å². The van der Waals surface area contributed by atoms with Gasteiger partial charge in [-0.25, -0.2) is 4.98 Å². The number of benzene rings is 1. The van der Waals surface area contributed by atoms with Gasteiger partial charge >= 0.3 is 0 Å². The molecular weight excluding hydrogens is 262 g/mol. The van der Waals surface area contributed by atoms with Gasteiger partial charge in [-0.05, 0) is 31.0 Å². The standard InChI is InChI=1S/C14H16ClN3O/c15-12-6-2-1-4-10(12)8-13-17-11(5-3-7-16)9-14(19)18-13/h1-2,4,6,9H,3,5,7-8,16H2,(H,17,18,19). The average Bonchev–Trinajstić information content (AvgIpc) is 2.38. The van der Waals surface area contributed by atoms with Gasteiger partial charge in [0.1, 0.15) is 5.82 Å². The molecule has 1 heterocycles. The van der Waals surface area contributed by atoms with E-state index >= 15 is 0 Å². The SMILES string of the molecule is NCCCc1cc(=O)[nH]c(Cc2ccccc2Cl)n1. The van der Waals surface area contributed by atoms with Crippen LogP contribution in [0.1, 0.15) is 23.5 Å². The molecule has 0 unspecified atom stereocenters. The fourth-order valence-electron chi connectivity index (χ4n) is 1.88. The van der Waals surface area contributed by atoms with Gasteiger partial charge in [0.05, 0.1) is 0 Å². The van der Waals surface area contributed by atoms with Crippen LogP contribution in [0.3, 0.4) is 0 Å². The zero-order valence-corrected chi connectivity index (χ0v) is 11.3. The number of rotatable bonds is 5. The van der Waals surface area contributed by atoms with Gasteiger partial charge in [-0.3, -0.25) is 4.79 Å². The Balaban J connectivity index is 2.23. The van der Waals surface area contributed by atoms with Crippen molar-refractivity contribution in [1.82, 2.24) is 9.97 Å². The molecule has 5 heteroatoms. The molecule has 0 amide bonds. The molecule has 0 saturated heterocycles. The summed E-state index contributed by atoms with van der Waals surface area (Å²) in [7, 11) is 0. The fraction of sp³-hybridized carbons (Fsp3) is 0.286. The van der Waals surface area contributed by atoms with Gasteiger partial charge in [0.2, 0.25) is 0 Å². The number of aromatic amines is 1. The van der Waals surface area contributed by atoms with Crippen LogP contribution in [-0.2, 0) is 12.8 Å². The number of aryl methyl sites for hydroxylation is 1. The first-order valence-corrected chi connectivity index (χ1v) is 6.59.